The van der Waals surface area contributed by atoms with Crippen molar-refractivity contribution in [1.82, 2.24) is 0 Å². The molecular weight excluding hydrogens is 227 g/mol. The van der Waals surface area contributed by atoms with Crippen molar-refractivity contribution < 1.29 is 34.6 Å². The number of halogens is 1. The maximum atomic E-state index is 8.74. The summed E-state index contributed by atoms with van der Waals surface area (Å²) in [5, 5.41) is 0. The van der Waals surface area contributed by atoms with E-state index in [1.165, 1.54) is 0 Å². The van der Waals surface area contributed by atoms with Crippen LogP contribution in [0.3, 0.4) is 0 Å². The first kappa shape index (κ1) is 22.5. The summed E-state index contributed by atoms with van der Waals surface area (Å²) in [5.41, 5.74) is 0. The maximum Gasteiger partial charge on any atom is 0 e. The zero-order chi connectivity index (χ0) is 4.50. The van der Waals surface area contributed by atoms with Gasteiger partial charge in [-0.2, -0.15) is 8.42 Å². The summed E-state index contributed by atoms with van der Waals surface area (Å²) in [5.74, 6) is 0. The first-order valence-electron chi connectivity index (χ1n) is 0.698. The first-order chi connectivity index (χ1) is 2.00. The average Bonchev–Trinajstić information content (AvgIpc) is 0.722. The van der Waals surface area contributed by atoms with Crippen LogP contribution < -0.4 is 0 Å². The molecule has 51 valence electrons. The molecule has 0 atom stereocenters. The topological polar surface area (TPSA) is 74.6 Å². The van der Waals surface area contributed by atoms with E-state index < -0.39 is 10.4 Å². The van der Waals surface area contributed by atoms with Crippen LogP contribution in [0.1, 0.15) is 0 Å². The second kappa shape index (κ2) is 8.94. The van der Waals surface area contributed by atoms with Crippen LogP contribution in [0.25, 0.3) is 0 Å². The Morgan fingerprint density at radius 1 is 1.12 bits per heavy atom. The van der Waals surface area contributed by atoms with Gasteiger partial charge in [-0.3, -0.25) is 9.11 Å². The largest absolute Gasteiger partial charge is 0 e. The Balaban J connectivity index is -0.0000000267. The molecule has 1 radical (unpaired) electrons. The Kier molecular flexibility index (Phi) is 25.2. The van der Waals surface area contributed by atoms with Gasteiger partial charge in [0, 0.05) is 17.1 Å². The van der Waals surface area contributed by atoms with E-state index in [4.69, 9.17) is 17.5 Å². The molecule has 4 nitrogen and oxygen atoms in total. The molecule has 0 spiro atoms. The zero-order valence-corrected chi connectivity index (χ0v) is 5.72. The second-order valence-corrected chi connectivity index (χ2v) is 1.34. The molecule has 0 saturated heterocycles. The zero-order valence-electron chi connectivity index (χ0n) is 2.91. The maximum absolute atomic E-state index is 8.74. The molecule has 0 aromatic heterocycles. The van der Waals surface area contributed by atoms with Crippen molar-refractivity contribution in [3.8, 4) is 0 Å². The summed E-state index contributed by atoms with van der Waals surface area (Å²) in [6.07, 6.45) is 0. The Bertz CT molecular complexity index is 99.2. The summed E-state index contributed by atoms with van der Waals surface area (Å²) in [6, 6.07) is 0. The molecule has 0 fully saturated rings. The van der Waals surface area contributed by atoms with E-state index in [0.29, 0.717) is 0 Å². The monoisotopic (exact) mass is 231 g/mol. The van der Waals surface area contributed by atoms with Crippen LogP contribution in [0, 0.1) is 0 Å². The van der Waals surface area contributed by atoms with Gasteiger partial charge in [-0.05, 0) is 0 Å². The van der Waals surface area contributed by atoms with E-state index >= 15 is 0 Å². The molecule has 0 saturated carbocycles. The Morgan fingerprint density at radius 3 is 1.12 bits per heavy atom. The van der Waals surface area contributed by atoms with E-state index in [1.54, 1.807) is 0 Å². The Labute approximate surface area is 93.9 Å². The molecule has 0 aliphatic carbocycles. The third-order valence-corrected chi connectivity index (χ3v) is 0. The molecule has 8 heteroatoms. The van der Waals surface area contributed by atoms with Crippen LogP contribution in [0.4, 0.5) is 0 Å². The molecule has 0 aliphatic rings. The van der Waals surface area contributed by atoms with Crippen molar-refractivity contribution in [2.24, 2.45) is 0 Å². The first-order valence-corrected chi connectivity index (χ1v) is 2.10. The fourth-order valence-corrected chi connectivity index (χ4v) is 0. The SMILES string of the molecule is Cl.O=S(=O)(O)O.[CaH2].[Mn]. The summed E-state index contributed by atoms with van der Waals surface area (Å²) in [4.78, 5) is 0. The predicted molar refractivity (Wildman–Crippen MR) is 30.0 cm³/mol. The summed E-state index contributed by atoms with van der Waals surface area (Å²) in [7, 11) is -4.67. The van der Waals surface area contributed by atoms with Crippen LogP contribution >= 0.6 is 12.4 Å². The van der Waals surface area contributed by atoms with Crippen molar-refractivity contribution in [2.75, 3.05) is 0 Å². The molecule has 0 amide bonds. The fraction of sp³-hybridized carbons (Fsp3) is 0. The number of hydrogen-bond acceptors (Lipinski definition) is 2. The van der Waals surface area contributed by atoms with E-state index in [9.17, 15) is 0 Å². The Hall–Kier alpha value is 1.94. The van der Waals surface area contributed by atoms with Gasteiger partial charge in [-0.15, -0.1) is 12.4 Å². The van der Waals surface area contributed by atoms with Crippen molar-refractivity contribution in [1.29, 1.82) is 0 Å². The number of rotatable bonds is 0. The van der Waals surface area contributed by atoms with E-state index in [0.717, 1.165) is 0 Å². The second-order valence-electron chi connectivity index (χ2n) is 0.448. The van der Waals surface area contributed by atoms with Gasteiger partial charge in [0.05, 0.1) is 0 Å². The van der Waals surface area contributed by atoms with Gasteiger partial charge in [0.25, 0.3) is 0 Å². The van der Waals surface area contributed by atoms with Crippen LogP contribution in [-0.4, -0.2) is 55.3 Å². The van der Waals surface area contributed by atoms with Gasteiger partial charge in [-0.1, -0.05) is 0 Å². The quantitative estimate of drug-likeness (QED) is 0.408. The molecule has 8 heavy (non-hydrogen) atoms. The fourth-order valence-electron chi connectivity index (χ4n) is 0. The van der Waals surface area contributed by atoms with Crippen molar-refractivity contribution in [2.45, 2.75) is 0 Å². The van der Waals surface area contributed by atoms with Gasteiger partial charge < -0.3 is 0 Å². The minimum atomic E-state index is -4.67. The normalized spacial score (nSPS) is 7.25. The predicted octanol–water partition coefficient (Wildman–Crippen LogP) is -1.15. The molecular formula is H5CaClMnO4S. The minimum Gasteiger partial charge on any atom is 0 e. The van der Waals surface area contributed by atoms with Gasteiger partial charge in [0.2, 0.25) is 0 Å². The van der Waals surface area contributed by atoms with E-state index in [-0.39, 0.29) is 67.2 Å². The van der Waals surface area contributed by atoms with Gasteiger partial charge in [0.1, 0.15) is 0 Å². The molecule has 0 heterocycles. The molecule has 0 aliphatic heterocycles. The summed E-state index contributed by atoms with van der Waals surface area (Å²) >= 11 is 0. The average molecular weight is 232 g/mol. The molecule has 0 rings (SSSR count). The van der Waals surface area contributed by atoms with Crippen molar-refractivity contribution in [3.63, 3.8) is 0 Å². The molecule has 0 unspecified atom stereocenters. The molecule has 0 bridgehead atoms. The molecule has 0 aromatic rings. The van der Waals surface area contributed by atoms with Gasteiger partial charge in [0.15, 0.2) is 0 Å². The van der Waals surface area contributed by atoms with E-state index in [2.05, 4.69) is 0 Å². The van der Waals surface area contributed by atoms with Gasteiger partial charge >= 0.3 is 48.1 Å². The smallest absolute Gasteiger partial charge is 0 e. The number of hydrogen-bond donors (Lipinski definition) is 2. The standard InChI is InChI=1S/Ca.ClH.Mn.H2O4S.2H/c;;;1-5(2,3)4;;/h;1H;;(H2,1,2,3,4);;. The Morgan fingerprint density at radius 2 is 1.12 bits per heavy atom. The van der Waals surface area contributed by atoms with Gasteiger partial charge in [-0.25, -0.2) is 0 Å². The summed E-state index contributed by atoms with van der Waals surface area (Å²) < 4.78 is 31.6. The minimum absolute atomic E-state index is 0. The van der Waals surface area contributed by atoms with Crippen LogP contribution in [-0.2, 0) is 27.5 Å². The van der Waals surface area contributed by atoms with Crippen LogP contribution in [0.2, 0.25) is 0 Å². The van der Waals surface area contributed by atoms with Crippen LogP contribution in [0.15, 0.2) is 0 Å². The van der Waals surface area contributed by atoms with Crippen molar-refractivity contribution in [3.05, 3.63) is 0 Å². The van der Waals surface area contributed by atoms with Crippen LogP contribution in [0.5, 0.6) is 0 Å². The third kappa shape index (κ3) is 102. The molecule has 0 aromatic carbocycles. The van der Waals surface area contributed by atoms with E-state index in [1.807, 2.05) is 0 Å². The summed E-state index contributed by atoms with van der Waals surface area (Å²) in [6.45, 7) is 0. The molecule has 2 N–H and O–H groups in total. The van der Waals surface area contributed by atoms with Crippen molar-refractivity contribution >= 4 is 60.5 Å². The third-order valence-electron chi connectivity index (χ3n) is 0.